The SMILES string of the molecule is COc1cc(C(=O)/C=C\c2cccc(O)c2)ccc1OC(F)F. The van der Waals surface area contributed by atoms with Crippen molar-refractivity contribution < 1.29 is 28.2 Å². The quantitative estimate of drug-likeness (QED) is 0.648. The van der Waals surface area contributed by atoms with E-state index in [2.05, 4.69) is 4.74 Å². The van der Waals surface area contributed by atoms with Crippen LogP contribution in [0.15, 0.2) is 48.5 Å². The summed E-state index contributed by atoms with van der Waals surface area (Å²) in [5.74, 6) is -0.345. The molecule has 4 nitrogen and oxygen atoms in total. The van der Waals surface area contributed by atoms with Gasteiger partial charge >= 0.3 is 6.61 Å². The maximum Gasteiger partial charge on any atom is 0.387 e. The van der Waals surface area contributed by atoms with Gasteiger partial charge in [-0.15, -0.1) is 0 Å². The van der Waals surface area contributed by atoms with E-state index in [4.69, 9.17) is 4.74 Å². The van der Waals surface area contributed by atoms with Crippen LogP contribution in [-0.4, -0.2) is 24.6 Å². The fourth-order valence-corrected chi connectivity index (χ4v) is 1.91. The molecular formula is C17H14F2O4. The van der Waals surface area contributed by atoms with Gasteiger partial charge in [0.25, 0.3) is 0 Å². The van der Waals surface area contributed by atoms with Crippen molar-refractivity contribution in [1.29, 1.82) is 0 Å². The minimum absolute atomic E-state index is 0.0434. The van der Waals surface area contributed by atoms with Crippen LogP contribution < -0.4 is 9.47 Å². The summed E-state index contributed by atoms with van der Waals surface area (Å²) >= 11 is 0. The first kappa shape index (κ1) is 16.5. The molecule has 0 spiro atoms. The Balaban J connectivity index is 2.19. The molecule has 0 atom stereocenters. The topological polar surface area (TPSA) is 55.8 Å². The van der Waals surface area contributed by atoms with E-state index in [-0.39, 0.29) is 28.6 Å². The monoisotopic (exact) mass is 320 g/mol. The zero-order valence-electron chi connectivity index (χ0n) is 12.2. The summed E-state index contributed by atoms with van der Waals surface area (Å²) in [6.45, 7) is -2.98. The van der Waals surface area contributed by atoms with E-state index in [0.717, 1.165) is 0 Å². The number of hydrogen-bond acceptors (Lipinski definition) is 4. The summed E-state index contributed by atoms with van der Waals surface area (Å²) < 4.78 is 33.8. The highest BCUT2D eigenvalue weighted by molar-refractivity contribution is 6.07. The Bertz CT molecular complexity index is 726. The van der Waals surface area contributed by atoms with Crippen LogP contribution in [0.4, 0.5) is 8.78 Å². The number of benzene rings is 2. The molecule has 0 unspecified atom stereocenters. The zero-order valence-corrected chi connectivity index (χ0v) is 12.2. The third kappa shape index (κ3) is 4.54. The number of alkyl halides is 2. The van der Waals surface area contributed by atoms with E-state index in [9.17, 15) is 18.7 Å². The van der Waals surface area contributed by atoms with E-state index in [1.807, 2.05) is 0 Å². The lowest BCUT2D eigenvalue weighted by Gasteiger charge is -2.10. The molecule has 0 radical (unpaired) electrons. The van der Waals surface area contributed by atoms with Crippen molar-refractivity contribution in [3.63, 3.8) is 0 Å². The van der Waals surface area contributed by atoms with Crippen LogP contribution in [0.25, 0.3) is 6.08 Å². The molecule has 0 aromatic heterocycles. The van der Waals surface area contributed by atoms with Gasteiger partial charge in [0, 0.05) is 5.56 Å². The van der Waals surface area contributed by atoms with Gasteiger partial charge in [0.05, 0.1) is 7.11 Å². The molecule has 0 fully saturated rings. The lowest BCUT2D eigenvalue weighted by atomic mass is 10.1. The number of ketones is 1. The van der Waals surface area contributed by atoms with Crippen LogP contribution >= 0.6 is 0 Å². The Labute approximate surface area is 131 Å². The third-order valence-corrected chi connectivity index (χ3v) is 2.96. The average molecular weight is 320 g/mol. The largest absolute Gasteiger partial charge is 0.508 e. The molecule has 2 rings (SSSR count). The first-order valence-electron chi connectivity index (χ1n) is 6.64. The Morgan fingerprint density at radius 3 is 2.61 bits per heavy atom. The molecule has 0 heterocycles. The maximum absolute atomic E-state index is 12.3. The molecule has 0 bridgehead atoms. The highest BCUT2D eigenvalue weighted by atomic mass is 19.3. The number of phenols is 1. The van der Waals surface area contributed by atoms with Gasteiger partial charge in [-0.1, -0.05) is 18.2 Å². The Kier molecular flexibility index (Phi) is 5.30. The number of carbonyl (C=O) groups excluding carboxylic acids is 1. The van der Waals surface area contributed by atoms with E-state index in [0.29, 0.717) is 5.56 Å². The van der Waals surface area contributed by atoms with E-state index in [1.54, 1.807) is 12.1 Å². The molecule has 0 amide bonds. The molecule has 0 aliphatic rings. The second-order valence-corrected chi connectivity index (χ2v) is 4.54. The van der Waals surface area contributed by atoms with Crippen LogP contribution in [0.3, 0.4) is 0 Å². The highest BCUT2D eigenvalue weighted by Crippen LogP contribution is 2.29. The van der Waals surface area contributed by atoms with Gasteiger partial charge in [0.1, 0.15) is 5.75 Å². The molecule has 6 heteroatoms. The van der Waals surface area contributed by atoms with Crippen molar-refractivity contribution in [2.45, 2.75) is 6.61 Å². The number of aromatic hydroxyl groups is 1. The Morgan fingerprint density at radius 1 is 1.17 bits per heavy atom. The third-order valence-electron chi connectivity index (χ3n) is 2.96. The number of ether oxygens (including phenoxy) is 2. The van der Waals surface area contributed by atoms with E-state index < -0.39 is 6.61 Å². The molecular weight excluding hydrogens is 306 g/mol. The number of rotatable bonds is 6. The smallest absolute Gasteiger partial charge is 0.387 e. The minimum Gasteiger partial charge on any atom is -0.508 e. The molecule has 0 aliphatic heterocycles. The molecule has 2 aromatic carbocycles. The van der Waals surface area contributed by atoms with Crippen molar-refractivity contribution in [3.05, 3.63) is 59.7 Å². The fourth-order valence-electron chi connectivity index (χ4n) is 1.91. The maximum atomic E-state index is 12.3. The van der Waals surface area contributed by atoms with Crippen LogP contribution in [-0.2, 0) is 0 Å². The second-order valence-electron chi connectivity index (χ2n) is 4.54. The molecule has 120 valence electrons. The normalized spacial score (nSPS) is 11.0. The Morgan fingerprint density at radius 2 is 1.96 bits per heavy atom. The summed E-state index contributed by atoms with van der Waals surface area (Å²) in [5.41, 5.74) is 0.919. The van der Waals surface area contributed by atoms with Gasteiger partial charge in [0.15, 0.2) is 17.3 Å². The molecule has 0 saturated heterocycles. The lowest BCUT2D eigenvalue weighted by Crippen LogP contribution is -2.04. The van der Waals surface area contributed by atoms with E-state index >= 15 is 0 Å². The van der Waals surface area contributed by atoms with Gasteiger partial charge in [-0.25, -0.2) is 0 Å². The predicted molar refractivity (Wildman–Crippen MR) is 81.1 cm³/mol. The van der Waals surface area contributed by atoms with Crippen molar-refractivity contribution in [1.82, 2.24) is 0 Å². The van der Waals surface area contributed by atoms with Gasteiger partial charge < -0.3 is 14.6 Å². The first-order chi connectivity index (χ1) is 11.0. The van der Waals surface area contributed by atoms with Crippen molar-refractivity contribution in [3.8, 4) is 17.2 Å². The molecule has 0 saturated carbocycles. The first-order valence-corrected chi connectivity index (χ1v) is 6.64. The number of methoxy groups -OCH3 is 1. The number of halogens is 2. The zero-order chi connectivity index (χ0) is 16.8. The second kappa shape index (κ2) is 7.40. The summed E-state index contributed by atoms with van der Waals surface area (Å²) in [7, 11) is 1.30. The summed E-state index contributed by atoms with van der Waals surface area (Å²) in [6.07, 6.45) is 2.86. The van der Waals surface area contributed by atoms with Crippen LogP contribution in [0.2, 0.25) is 0 Å². The van der Waals surface area contributed by atoms with Crippen molar-refractivity contribution >= 4 is 11.9 Å². The minimum atomic E-state index is -2.98. The molecule has 0 aliphatic carbocycles. The summed E-state index contributed by atoms with van der Waals surface area (Å²) in [6, 6.07) is 10.3. The fraction of sp³-hybridized carbons (Fsp3) is 0.118. The number of hydrogen-bond donors (Lipinski definition) is 1. The predicted octanol–water partition coefficient (Wildman–Crippen LogP) is 3.90. The van der Waals surface area contributed by atoms with Gasteiger partial charge in [-0.3, -0.25) is 4.79 Å². The molecule has 2 aromatic rings. The lowest BCUT2D eigenvalue weighted by molar-refractivity contribution is -0.0512. The Hall–Kier alpha value is -2.89. The summed E-state index contributed by atoms with van der Waals surface area (Å²) in [4.78, 5) is 12.1. The van der Waals surface area contributed by atoms with Crippen LogP contribution in [0.5, 0.6) is 17.2 Å². The van der Waals surface area contributed by atoms with E-state index in [1.165, 1.54) is 49.6 Å². The molecule has 1 N–H and O–H groups in total. The number of allylic oxidation sites excluding steroid dienone is 1. The standard InChI is InChI=1S/C17H14F2O4/c1-22-16-10-12(6-8-15(16)23-17(18)19)14(21)7-5-11-3-2-4-13(20)9-11/h2-10,17,20H,1H3/b7-5-. The summed E-state index contributed by atoms with van der Waals surface area (Å²) in [5, 5.41) is 9.36. The van der Waals surface area contributed by atoms with Crippen LogP contribution in [0.1, 0.15) is 15.9 Å². The highest BCUT2D eigenvalue weighted by Gasteiger charge is 2.13. The number of carbonyl (C=O) groups is 1. The average Bonchev–Trinajstić information content (AvgIpc) is 2.52. The van der Waals surface area contributed by atoms with Crippen molar-refractivity contribution in [2.24, 2.45) is 0 Å². The van der Waals surface area contributed by atoms with Gasteiger partial charge in [0.2, 0.25) is 0 Å². The van der Waals surface area contributed by atoms with Gasteiger partial charge in [-0.2, -0.15) is 8.78 Å². The van der Waals surface area contributed by atoms with Crippen LogP contribution in [0, 0.1) is 0 Å². The number of phenolic OH excluding ortho intramolecular Hbond substituents is 1. The van der Waals surface area contributed by atoms with Crippen molar-refractivity contribution in [2.75, 3.05) is 7.11 Å². The molecule has 23 heavy (non-hydrogen) atoms. The van der Waals surface area contributed by atoms with Gasteiger partial charge in [-0.05, 0) is 42.0 Å².